The van der Waals surface area contributed by atoms with Crippen LogP contribution in [0, 0.1) is 17.9 Å². The predicted molar refractivity (Wildman–Crippen MR) is 272 cm³/mol. The Bertz CT molecular complexity index is 2730. The number of fused-ring (bicyclic) bond motifs is 4. The molecule has 5 aromatic carbocycles. The number of phenolic OH excluding ortho intramolecular Hbond substituents is 2. The van der Waals surface area contributed by atoms with Gasteiger partial charge in [-0.05, 0) is 77.6 Å². The zero-order chi connectivity index (χ0) is 46.6. The van der Waals surface area contributed by atoms with E-state index in [-0.39, 0.29) is 39.7 Å². The molecule has 2 aliphatic carbocycles. The number of unbranched alkanes of at least 4 members (excludes halogenated alkanes) is 12. The van der Waals surface area contributed by atoms with E-state index in [1.807, 2.05) is 60.7 Å². The molecule has 0 saturated heterocycles. The van der Waals surface area contributed by atoms with E-state index in [1.165, 1.54) is 25.7 Å². The summed E-state index contributed by atoms with van der Waals surface area (Å²) in [5.41, 5.74) is 6.79. The summed E-state index contributed by atoms with van der Waals surface area (Å²) in [7, 11) is 0. The van der Waals surface area contributed by atoms with Crippen LogP contribution in [0.15, 0.2) is 108 Å². The van der Waals surface area contributed by atoms with Gasteiger partial charge in [-0.3, -0.25) is 0 Å². The average molecular weight is 881 g/mol. The van der Waals surface area contributed by atoms with Gasteiger partial charge in [0.15, 0.2) is 0 Å². The zero-order valence-corrected chi connectivity index (χ0v) is 39.8. The van der Waals surface area contributed by atoms with Crippen LogP contribution >= 0.6 is 0 Å². The Kier molecular flexibility index (Phi) is 16.4. The highest BCUT2D eigenvalue weighted by atomic mass is 16.3. The van der Waals surface area contributed by atoms with Crippen LogP contribution in [-0.2, 0) is 0 Å². The molecule has 342 valence electrons. The van der Waals surface area contributed by atoms with E-state index in [4.69, 9.17) is 6.57 Å². The van der Waals surface area contributed by atoms with Crippen molar-refractivity contribution in [3.63, 3.8) is 0 Å². The molecule has 7 nitrogen and oxygen atoms in total. The van der Waals surface area contributed by atoms with Gasteiger partial charge < -0.3 is 20.2 Å². The zero-order valence-electron chi connectivity index (χ0n) is 39.8. The Morgan fingerprint density at radius 1 is 0.591 bits per heavy atom. The van der Waals surface area contributed by atoms with E-state index >= 15 is 5.11 Å². The number of anilines is 1. The molecule has 66 heavy (non-hydrogen) atoms. The molecule has 0 bridgehead atoms. The Morgan fingerprint density at radius 3 is 1.73 bits per heavy atom. The molecule has 0 atom stereocenters. The number of nitriles is 1. The lowest BCUT2D eigenvalue weighted by atomic mass is 9.69. The van der Waals surface area contributed by atoms with E-state index in [1.54, 1.807) is 12.1 Å². The summed E-state index contributed by atoms with van der Waals surface area (Å²) < 4.78 is 2.49. The largest absolute Gasteiger partial charge is 0.872 e. The van der Waals surface area contributed by atoms with Gasteiger partial charge >= 0.3 is 0 Å². The minimum Gasteiger partial charge on any atom is -0.872 e. The highest BCUT2D eigenvalue weighted by Gasteiger charge is 2.40. The molecule has 7 heteroatoms. The SMILES string of the molecule is [C-]#[N+]/C(C#N)=C1C(c2c3ccccc3c(N(CCCCCC)CCCCCC)c3cccc(O)c23)=C([O-])C/1=C1\c2ccccc2C(=[N+](CCCCCC)CCCCCC)c2cccc(O)c21. The third-order valence-electron chi connectivity index (χ3n) is 13.7. The maximum absolute atomic E-state index is 15.7. The molecule has 0 amide bonds. The first-order valence-corrected chi connectivity index (χ1v) is 25.0. The van der Waals surface area contributed by atoms with Crippen molar-refractivity contribution < 1.29 is 19.9 Å². The fourth-order valence-corrected chi connectivity index (χ4v) is 10.4. The second-order valence-electron chi connectivity index (χ2n) is 18.2. The van der Waals surface area contributed by atoms with Crippen LogP contribution in [0.4, 0.5) is 5.69 Å². The first-order valence-electron chi connectivity index (χ1n) is 25.0. The summed E-state index contributed by atoms with van der Waals surface area (Å²) in [4.78, 5) is 6.29. The van der Waals surface area contributed by atoms with Gasteiger partial charge in [-0.15, -0.1) is 0 Å². The van der Waals surface area contributed by atoms with E-state index < -0.39 is 0 Å². The van der Waals surface area contributed by atoms with Gasteiger partial charge in [-0.2, -0.15) is 0 Å². The Hall–Kier alpha value is -6.31. The molecular weight excluding hydrogens is 813 g/mol. The summed E-state index contributed by atoms with van der Waals surface area (Å²) in [6.07, 6.45) is 17.9. The van der Waals surface area contributed by atoms with Crippen LogP contribution in [0.25, 0.3) is 37.5 Å². The number of benzene rings is 5. The van der Waals surface area contributed by atoms with Gasteiger partial charge in [0, 0.05) is 58.8 Å². The van der Waals surface area contributed by atoms with Crippen molar-refractivity contribution in [2.24, 2.45) is 0 Å². The number of phenols is 2. The predicted octanol–water partition coefficient (Wildman–Crippen LogP) is 14.0. The number of nitrogens with zero attached hydrogens (tertiary/aromatic N) is 4. The van der Waals surface area contributed by atoms with Gasteiger partial charge in [-0.1, -0.05) is 158 Å². The second-order valence-corrected chi connectivity index (χ2v) is 18.2. The Labute approximate surface area is 393 Å². The number of hydrogen-bond donors (Lipinski definition) is 2. The maximum atomic E-state index is 15.7. The lowest BCUT2D eigenvalue weighted by Crippen LogP contribution is -2.31. The molecular formula is C59H68N4O3. The van der Waals surface area contributed by atoms with Crippen molar-refractivity contribution in [1.82, 2.24) is 0 Å². The van der Waals surface area contributed by atoms with E-state index in [2.05, 4.69) is 60.2 Å². The Balaban J connectivity index is 1.53. The molecule has 0 radical (unpaired) electrons. The highest BCUT2D eigenvalue weighted by Crippen LogP contribution is 2.57. The van der Waals surface area contributed by atoms with Crippen LogP contribution in [0.3, 0.4) is 0 Å². The Morgan fingerprint density at radius 2 is 1.12 bits per heavy atom. The number of hydrogen-bond acceptors (Lipinski definition) is 5. The second kappa shape index (κ2) is 22.7. The molecule has 0 fully saturated rings. The molecule has 2 aliphatic rings. The highest BCUT2D eigenvalue weighted by molar-refractivity contribution is 6.26. The smallest absolute Gasteiger partial charge is 0.270 e. The average Bonchev–Trinajstić information content (AvgIpc) is 3.33. The summed E-state index contributed by atoms with van der Waals surface area (Å²) >= 11 is 0. The topological polar surface area (TPSA) is 97.9 Å². The molecule has 0 aliphatic heterocycles. The van der Waals surface area contributed by atoms with Crippen molar-refractivity contribution in [3.05, 3.63) is 147 Å². The summed E-state index contributed by atoms with van der Waals surface area (Å²) in [5.74, 6) is -0.244. The first-order chi connectivity index (χ1) is 32.4. The van der Waals surface area contributed by atoms with Crippen LogP contribution in [0.1, 0.15) is 158 Å². The number of aromatic hydroxyl groups is 2. The summed E-state index contributed by atoms with van der Waals surface area (Å²) in [5, 5.41) is 53.6. The van der Waals surface area contributed by atoms with Gasteiger partial charge in [-0.25, -0.2) is 14.7 Å². The molecule has 0 saturated carbocycles. The van der Waals surface area contributed by atoms with Gasteiger partial charge in [0.05, 0.1) is 29.5 Å². The molecule has 0 spiro atoms. The monoisotopic (exact) mass is 881 g/mol. The molecule has 0 heterocycles. The third-order valence-corrected chi connectivity index (χ3v) is 13.7. The van der Waals surface area contributed by atoms with E-state index in [0.717, 1.165) is 147 Å². The fraction of sp³-hybridized carbons (Fsp3) is 0.407. The van der Waals surface area contributed by atoms with E-state index in [9.17, 15) is 15.5 Å². The standard InChI is InChI=1S/C59H68N4O3/c1-6-10-14-22-36-62(37-23-15-11-7-2)57-43-30-20-18-28-41(43)52(50-45(57)32-26-34-48(50)64)55-54(47(40-60)61-5)56(59(55)66)53-42-29-19-21-31-44(42)58(46-33-27-35-49(65)51(46)53)63(38-24-16-12-8-3)39-25-17-13-9-4/h18-21,26-35H,6-17,22-25,36-39H2,1-4H3,(H2-,64,65,66). The molecule has 2 N–H and O–H groups in total. The van der Waals surface area contributed by atoms with Crippen LogP contribution < -0.4 is 10.0 Å². The number of allylic oxidation sites excluding steroid dienone is 3. The van der Waals surface area contributed by atoms with Crippen LogP contribution in [-0.4, -0.2) is 46.7 Å². The quantitative estimate of drug-likeness (QED) is 0.0233. The maximum Gasteiger partial charge on any atom is 0.270 e. The van der Waals surface area contributed by atoms with Gasteiger partial charge in [0.1, 0.15) is 24.6 Å². The van der Waals surface area contributed by atoms with Gasteiger partial charge in [0.2, 0.25) is 5.71 Å². The van der Waals surface area contributed by atoms with Crippen molar-refractivity contribution in [3.8, 4) is 17.6 Å². The van der Waals surface area contributed by atoms with Crippen molar-refractivity contribution in [1.29, 1.82) is 5.26 Å². The van der Waals surface area contributed by atoms with Crippen molar-refractivity contribution in [2.75, 3.05) is 31.1 Å². The van der Waals surface area contributed by atoms with Gasteiger partial charge in [0.25, 0.3) is 5.70 Å². The lowest BCUT2D eigenvalue weighted by Gasteiger charge is -2.41. The van der Waals surface area contributed by atoms with Crippen molar-refractivity contribution in [2.45, 2.75) is 130 Å². The first kappa shape index (κ1) is 47.6. The molecule has 0 aromatic heterocycles. The molecule has 5 aromatic rings. The molecule has 0 unspecified atom stereocenters. The number of rotatable bonds is 22. The van der Waals surface area contributed by atoms with Crippen molar-refractivity contribution >= 4 is 44.1 Å². The summed E-state index contributed by atoms with van der Waals surface area (Å²) in [6, 6.07) is 29.5. The summed E-state index contributed by atoms with van der Waals surface area (Å²) in [6.45, 7) is 20.8. The van der Waals surface area contributed by atoms with Crippen LogP contribution in [0.5, 0.6) is 11.5 Å². The van der Waals surface area contributed by atoms with Crippen LogP contribution in [0.2, 0.25) is 0 Å². The third kappa shape index (κ3) is 9.50. The lowest BCUT2D eigenvalue weighted by molar-refractivity contribution is -0.528. The minimum atomic E-state index is -0.321. The van der Waals surface area contributed by atoms with E-state index in [0.29, 0.717) is 22.1 Å². The minimum absolute atomic E-state index is 0.0386. The molecule has 7 rings (SSSR count). The normalized spacial score (nSPS) is 15.0. The fourth-order valence-electron chi connectivity index (χ4n) is 10.4.